The minimum Gasteiger partial charge on any atom is -0.269 e. The summed E-state index contributed by atoms with van der Waals surface area (Å²) in [6.07, 6.45) is 4.00. The smallest absolute Gasteiger partial charge is 0.259 e. The number of hydrogen-bond acceptors (Lipinski definition) is 3. The van der Waals surface area contributed by atoms with Crippen molar-refractivity contribution in [1.82, 2.24) is 4.98 Å². The van der Waals surface area contributed by atoms with E-state index in [1.807, 2.05) is 0 Å². The van der Waals surface area contributed by atoms with Gasteiger partial charge in [0.25, 0.3) is 11.8 Å². The van der Waals surface area contributed by atoms with Crippen LogP contribution in [0.2, 0.25) is 0 Å². The SMILES string of the molecule is O=C1C=CC(=O)N1c1ccccn1.[Na]. The van der Waals surface area contributed by atoms with Gasteiger partial charge in [0.2, 0.25) is 0 Å². The summed E-state index contributed by atoms with van der Waals surface area (Å²) in [6, 6.07) is 5.06. The van der Waals surface area contributed by atoms with Crippen molar-refractivity contribution in [3.05, 3.63) is 36.5 Å². The number of carbonyl (C=O) groups is 2. The number of imide groups is 1. The summed E-state index contributed by atoms with van der Waals surface area (Å²) in [4.78, 5) is 27.3. The predicted octanol–water partition coefficient (Wildman–Crippen LogP) is 0.130. The minimum absolute atomic E-state index is 0. The Hall–Kier alpha value is -0.970. The van der Waals surface area contributed by atoms with Crippen LogP contribution in [0.4, 0.5) is 5.82 Å². The van der Waals surface area contributed by atoms with Crippen molar-refractivity contribution in [2.45, 2.75) is 0 Å². The van der Waals surface area contributed by atoms with E-state index in [2.05, 4.69) is 4.98 Å². The second-order valence-electron chi connectivity index (χ2n) is 2.53. The average molecular weight is 197 g/mol. The first kappa shape index (κ1) is 11.1. The van der Waals surface area contributed by atoms with Crippen LogP contribution >= 0.6 is 0 Å². The Kier molecular flexibility index (Phi) is 3.57. The Labute approximate surface area is 103 Å². The maximum atomic E-state index is 11.2. The quantitative estimate of drug-likeness (QED) is 0.475. The van der Waals surface area contributed by atoms with Crippen LogP contribution in [-0.2, 0) is 9.59 Å². The van der Waals surface area contributed by atoms with Gasteiger partial charge in [-0.05, 0) is 12.1 Å². The molecule has 4 nitrogen and oxygen atoms in total. The van der Waals surface area contributed by atoms with Crippen LogP contribution in [0, 0.1) is 0 Å². The third-order valence-corrected chi connectivity index (χ3v) is 1.69. The summed E-state index contributed by atoms with van der Waals surface area (Å²) in [5.74, 6) is -0.324. The van der Waals surface area contributed by atoms with E-state index in [0.29, 0.717) is 5.82 Å². The Bertz CT molecular complexity index is 371. The maximum Gasteiger partial charge on any atom is 0.259 e. The van der Waals surface area contributed by atoms with Crippen molar-refractivity contribution >= 4 is 47.2 Å². The second kappa shape index (κ2) is 4.50. The molecule has 0 aromatic carbocycles. The molecule has 65 valence electrons. The molecule has 0 saturated heterocycles. The predicted molar refractivity (Wildman–Crippen MR) is 51.6 cm³/mol. The third kappa shape index (κ3) is 1.92. The zero-order chi connectivity index (χ0) is 9.26. The normalized spacial score (nSPS) is 14.4. The first-order chi connectivity index (χ1) is 6.29. The first-order valence-corrected chi connectivity index (χ1v) is 3.76. The van der Waals surface area contributed by atoms with E-state index in [4.69, 9.17) is 0 Å². The van der Waals surface area contributed by atoms with Crippen LogP contribution in [0.3, 0.4) is 0 Å². The molecule has 14 heavy (non-hydrogen) atoms. The standard InChI is InChI=1S/C9H6N2O2.Na/c12-8-4-5-9(13)11(8)7-3-1-2-6-10-7;/h1-6H;. The molecule has 1 aliphatic heterocycles. The van der Waals surface area contributed by atoms with E-state index in [1.54, 1.807) is 18.2 Å². The van der Waals surface area contributed by atoms with Gasteiger partial charge in [-0.15, -0.1) is 0 Å². The largest absolute Gasteiger partial charge is 0.269 e. The Morgan fingerprint density at radius 3 is 2.21 bits per heavy atom. The summed E-state index contributed by atoms with van der Waals surface area (Å²) in [5, 5.41) is 0. The van der Waals surface area contributed by atoms with Crippen molar-refractivity contribution in [1.29, 1.82) is 0 Å². The van der Waals surface area contributed by atoms with Gasteiger partial charge in [-0.1, -0.05) is 6.07 Å². The molecule has 5 heteroatoms. The average Bonchev–Trinajstić information content (AvgIpc) is 2.48. The van der Waals surface area contributed by atoms with Crippen LogP contribution in [0.25, 0.3) is 0 Å². The van der Waals surface area contributed by atoms with Gasteiger partial charge in [-0.2, -0.15) is 0 Å². The summed E-state index contributed by atoms with van der Waals surface area (Å²) in [7, 11) is 0. The number of carbonyl (C=O) groups excluding carboxylic acids is 2. The van der Waals surface area contributed by atoms with E-state index < -0.39 is 0 Å². The number of aromatic nitrogens is 1. The van der Waals surface area contributed by atoms with Gasteiger partial charge in [0.1, 0.15) is 5.82 Å². The molecule has 0 saturated carbocycles. The number of anilines is 1. The van der Waals surface area contributed by atoms with Crippen LogP contribution in [0.1, 0.15) is 0 Å². The molecular weight excluding hydrogens is 191 g/mol. The molecule has 0 spiro atoms. The zero-order valence-corrected chi connectivity index (χ0v) is 9.68. The molecule has 1 aromatic rings. The van der Waals surface area contributed by atoms with Crippen molar-refractivity contribution in [3.63, 3.8) is 0 Å². The van der Waals surface area contributed by atoms with Crippen molar-refractivity contribution in [2.75, 3.05) is 4.90 Å². The summed E-state index contributed by atoms with van der Waals surface area (Å²) in [5.41, 5.74) is 0. The number of rotatable bonds is 1. The zero-order valence-electron chi connectivity index (χ0n) is 7.68. The minimum atomic E-state index is -0.344. The van der Waals surface area contributed by atoms with Gasteiger partial charge < -0.3 is 0 Å². The number of hydrogen-bond donors (Lipinski definition) is 0. The molecule has 2 heterocycles. The van der Waals surface area contributed by atoms with Crippen LogP contribution < -0.4 is 4.90 Å². The van der Waals surface area contributed by atoms with Gasteiger partial charge >= 0.3 is 0 Å². The van der Waals surface area contributed by atoms with E-state index >= 15 is 0 Å². The van der Waals surface area contributed by atoms with E-state index in [9.17, 15) is 9.59 Å². The molecule has 0 bridgehead atoms. The van der Waals surface area contributed by atoms with Gasteiger partial charge in [0.05, 0.1) is 0 Å². The maximum absolute atomic E-state index is 11.2. The van der Waals surface area contributed by atoms with Gasteiger partial charge in [0, 0.05) is 47.9 Å². The van der Waals surface area contributed by atoms with E-state index in [-0.39, 0.29) is 41.4 Å². The van der Waals surface area contributed by atoms with E-state index in [1.165, 1.54) is 18.3 Å². The second-order valence-corrected chi connectivity index (χ2v) is 2.53. The molecular formula is C9H6N2NaO2. The van der Waals surface area contributed by atoms with Crippen molar-refractivity contribution in [2.24, 2.45) is 0 Å². The fourth-order valence-corrected chi connectivity index (χ4v) is 1.11. The molecule has 1 aromatic heterocycles. The van der Waals surface area contributed by atoms with E-state index in [0.717, 1.165) is 4.90 Å². The molecule has 0 fully saturated rings. The van der Waals surface area contributed by atoms with Crippen LogP contribution in [-0.4, -0.2) is 46.4 Å². The van der Waals surface area contributed by atoms with Gasteiger partial charge in [-0.25, -0.2) is 9.88 Å². The summed E-state index contributed by atoms with van der Waals surface area (Å²) < 4.78 is 0. The number of nitrogens with zero attached hydrogens (tertiary/aromatic N) is 2. The molecule has 2 rings (SSSR count). The number of amides is 2. The Morgan fingerprint density at radius 2 is 1.71 bits per heavy atom. The molecule has 0 N–H and O–H groups in total. The molecule has 1 aliphatic rings. The van der Waals surface area contributed by atoms with Crippen molar-refractivity contribution in [3.8, 4) is 0 Å². The monoisotopic (exact) mass is 197 g/mol. The molecule has 2 amide bonds. The Balaban J connectivity index is 0.000000980. The Morgan fingerprint density at radius 1 is 1.07 bits per heavy atom. The third-order valence-electron chi connectivity index (χ3n) is 1.69. The van der Waals surface area contributed by atoms with Crippen molar-refractivity contribution < 1.29 is 9.59 Å². The summed E-state index contributed by atoms with van der Waals surface area (Å²) in [6.45, 7) is 0. The van der Waals surface area contributed by atoms with Crippen LogP contribution in [0.5, 0.6) is 0 Å². The molecule has 0 aliphatic carbocycles. The fraction of sp³-hybridized carbons (Fsp3) is 0. The first-order valence-electron chi connectivity index (χ1n) is 3.76. The van der Waals surface area contributed by atoms with Crippen LogP contribution in [0.15, 0.2) is 36.5 Å². The molecule has 1 radical (unpaired) electrons. The van der Waals surface area contributed by atoms with Gasteiger partial charge in [-0.3, -0.25) is 9.59 Å². The summed E-state index contributed by atoms with van der Waals surface area (Å²) >= 11 is 0. The topological polar surface area (TPSA) is 50.3 Å². The fourth-order valence-electron chi connectivity index (χ4n) is 1.11. The van der Waals surface area contributed by atoms with Gasteiger partial charge in [0.15, 0.2) is 0 Å². The number of pyridine rings is 1. The molecule has 0 atom stereocenters. The molecule has 0 unspecified atom stereocenters.